The first kappa shape index (κ1) is 17.7. The molecule has 0 aliphatic heterocycles. The van der Waals surface area contributed by atoms with Gasteiger partial charge in [0.1, 0.15) is 11.6 Å². The molecule has 0 spiro atoms. The fourth-order valence-corrected chi connectivity index (χ4v) is 2.85. The van der Waals surface area contributed by atoms with Crippen LogP contribution < -0.4 is 5.32 Å². The van der Waals surface area contributed by atoms with E-state index < -0.39 is 0 Å². The van der Waals surface area contributed by atoms with Crippen molar-refractivity contribution < 1.29 is 13.6 Å². The highest BCUT2D eigenvalue weighted by Gasteiger charge is 2.12. The number of halogens is 1. The van der Waals surface area contributed by atoms with E-state index in [1.807, 2.05) is 35.0 Å². The Hall–Kier alpha value is -3.67. The van der Waals surface area contributed by atoms with Crippen LogP contribution in [0.25, 0.3) is 11.3 Å². The molecule has 0 radical (unpaired) electrons. The predicted octanol–water partition coefficient (Wildman–Crippen LogP) is 4.26. The maximum atomic E-state index is 13.0. The van der Waals surface area contributed by atoms with Crippen LogP contribution in [-0.4, -0.2) is 15.5 Å². The molecule has 0 atom stereocenters. The number of nitrogens with one attached hydrogen (secondary N) is 1. The molecule has 28 heavy (non-hydrogen) atoms. The van der Waals surface area contributed by atoms with Gasteiger partial charge in [-0.25, -0.2) is 9.37 Å². The SMILES string of the molecule is O=C(NCc1ccc(Cn2ccnc2)cc1)c1ccc(-c2ccc(F)cc2)o1. The van der Waals surface area contributed by atoms with Gasteiger partial charge in [-0.3, -0.25) is 4.79 Å². The average Bonchev–Trinajstić information content (AvgIpc) is 3.40. The third-order valence-corrected chi connectivity index (χ3v) is 4.36. The molecule has 2 aromatic heterocycles. The molecule has 0 saturated heterocycles. The van der Waals surface area contributed by atoms with Crippen molar-refractivity contribution in [3.8, 4) is 11.3 Å². The molecule has 2 heterocycles. The van der Waals surface area contributed by atoms with Crippen molar-refractivity contribution in [1.29, 1.82) is 0 Å². The van der Waals surface area contributed by atoms with E-state index in [9.17, 15) is 9.18 Å². The normalized spacial score (nSPS) is 10.8. The third-order valence-electron chi connectivity index (χ3n) is 4.36. The van der Waals surface area contributed by atoms with E-state index in [0.717, 1.165) is 17.7 Å². The standard InChI is InChI=1S/C22H18FN3O2/c23-19-7-5-18(6-8-19)20-9-10-21(28-20)22(27)25-13-16-1-3-17(4-2-16)14-26-12-11-24-15-26/h1-12,15H,13-14H2,(H,25,27). The van der Waals surface area contributed by atoms with Crippen LogP contribution in [0.3, 0.4) is 0 Å². The van der Waals surface area contributed by atoms with Crippen molar-refractivity contribution in [2.45, 2.75) is 13.1 Å². The van der Waals surface area contributed by atoms with Gasteiger partial charge in [0.05, 0.1) is 6.33 Å². The van der Waals surface area contributed by atoms with Crippen LogP contribution in [0.15, 0.2) is 83.8 Å². The zero-order chi connectivity index (χ0) is 19.3. The zero-order valence-corrected chi connectivity index (χ0v) is 15.0. The third kappa shape index (κ3) is 4.17. The maximum Gasteiger partial charge on any atom is 0.287 e. The van der Waals surface area contributed by atoms with Gasteiger partial charge in [0.25, 0.3) is 5.91 Å². The molecule has 5 nitrogen and oxygen atoms in total. The quantitative estimate of drug-likeness (QED) is 0.548. The molecule has 0 fully saturated rings. The summed E-state index contributed by atoms with van der Waals surface area (Å²) in [5.74, 6) is 0.130. The molecule has 0 saturated carbocycles. The topological polar surface area (TPSA) is 60.1 Å². The highest BCUT2D eigenvalue weighted by Crippen LogP contribution is 2.22. The van der Waals surface area contributed by atoms with E-state index >= 15 is 0 Å². The van der Waals surface area contributed by atoms with E-state index in [2.05, 4.69) is 10.3 Å². The Kier molecular flexibility index (Phi) is 5.01. The molecular weight excluding hydrogens is 357 g/mol. The summed E-state index contributed by atoms with van der Waals surface area (Å²) < 4.78 is 20.6. The van der Waals surface area contributed by atoms with Gasteiger partial charge in [0.2, 0.25) is 0 Å². The van der Waals surface area contributed by atoms with E-state index in [0.29, 0.717) is 17.9 Å². The number of rotatable bonds is 6. The summed E-state index contributed by atoms with van der Waals surface area (Å²) in [4.78, 5) is 16.3. The monoisotopic (exact) mass is 375 g/mol. The van der Waals surface area contributed by atoms with Crippen molar-refractivity contribution in [3.05, 3.63) is 102 Å². The lowest BCUT2D eigenvalue weighted by Gasteiger charge is -2.06. The molecule has 0 aliphatic rings. The summed E-state index contributed by atoms with van der Waals surface area (Å²) in [6, 6.07) is 17.3. The van der Waals surface area contributed by atoms with Gasteiger partial charge in [-0.15, -0.1) is 0 Å². The molecule has 1 N–H and O–H groups in total. The number of amides is 1. The summed E-state index contributed by atoms with van der Waals surface area (Å²) >= 11 is 0. The van der Waals surface area contributed by atoms with Crippen molar-refractivity contribution in [2.75, 3.05) is 0 Å². The molecule has 140 valence electrons. The highest BCUT2D eigenvalue weighted by molar-refractivity contribution is 5.92. The Labute approximate surface area is 161 Å². The summed E-state index contributed by atoms with van der Waals surface area (Å²) in [6.07, 6.45) is 5.44. The van der Waals surface area contributed by atoms with Gasteiger partial charge in [-0.05, 0) is 47.5 Å². The summed E-state index contributed by atoms with van der Waals surface area (Å²) in [7, 11) is 0. The van der Waals surface area contributed by atoms with E-state index in [-0.39, 0.29) is 17.5 Å². The average molecular weight is 375 g/mol. The van der Waals surface area contributed by atoms with Crippen LogP contribution >= 0.6 is 0 Å². The number of benzene rings is 2. The lowest BCUT2D eigenvalue weighted by molar-refractivity contribution is 0.0924. The largest absolute Gasteiger partial charge is 0.451 e. The predicted molar refractivity (Wildman–Crippen MR) is 103 cm³/mol. The fraction of sp³-hybridized carbons (Fsp3) is 0.0909. The molecule has 0 unspecified atom stereocenters. The number of imidazole rings is 1. The molecule has 1 amide bonds. The number of hydrogen-bond donors (Lipinski definition) is 1. The minimum atomic E-state index is -0.315. The van der Waals surface area contributed by atoms with Crippen LogP contribution in [0.2, 0.25) is 0 Å². The zero-order valence-electron chi connectivity index (χ0n) is 15.0. The number of carbonyl (C=O) groups excluding carboxylic acids is 1. The lowest BCUT2D eigenvalue weighted by Crippen LogP contribution is -2.22. The second-order valence-corrected chi connectivity index (χ2v) is 6.40. The van der Waals surface area contributed by atoms with Crippen LogP contribution in [0, 0.1) is 5.82 Å². The number of hydrogen-bond acceptors (Lipinski definition) is 3. The second kappa shape index (κ2) is 7.92. The van der Waals surface area contributed by atoms with Crippen LogP contribution in [0.5, 0.6) is 0 Å². The van der Waals surface area contributed by atoms with E-state index in [1.54, 1.807) is 36.8 Å². The Balaban J connectivity index is 1.34. The number of furan rings is 1. The summed E-state index contributed by atoms with van der Waals surface area (Å²) in [6.45, 7) is 1.15. The van der Waals surface area contributed by atoms with E-state index in [1.165, 1.54) is 12.1 Å². The lowest BCUT2D eigenvalue weighted by atomic mass is 10.1. The van der Waals surface area contributed by atoms with E-state index in [4.69, 9.17) is 4.42 Å². The first-order valence-electron chi connectivity index (χ1n) is 8.85. The van der Waals surface area contributed by atoms with Crippen molar-refractivity contribution >= 4 is 5.91 Å². The highest BCUT2D eigenvalue weighted by atomic mass is 19.1. The van der Waals surface area contributed by atoms with Crippen LogP contribution in [-0.2, 0) is 13.1 Å². The Morgan fingerprint density at radius 3 is 2.46 bits per heavy atom. The van der Waals surface area contributed by atoms with Gasteiger partial charge in [0, 0.05) is 31.0 Å². The number of nitrogens with zero attached hydrogens (tertiary/aromatic N) is 2. The molecule has 0 bridgehead atoms. The van der Waals surface area contributed by atoms with Crippen molar-refractivity contribution in [2.24, 2.45) is 0 Å². The number of carbonyl (C=O) groups is 1. The van der Waals surface area contributed by atoms with Gasteiger partial charge in [-0.1, -0.05) is 24.3 Å². The molecule has 4 rings (SSSR count). The van der Waals surface area contributed by atoms with Crippen LogP contribution in [0.4, 0.5) is 4.39 Å². The van der Waals surface area contributed by atoms with Crippen molar-refractivity contribution in [1.82, 2.24) is 14.9 Å². The molecule has 0 aliphatic carbocycles. The Morgan fingerprint density at radius 1 is 1.00 bits per heavy atom. The minimum absolute atomic E-state index is 0.219. The fourth-order valence-electron chi connectivity index (χ4n) is 2.85. The van der Waals surface area contributed by atoms with Crippen molar-refractivity contribution in [3.63, 3.8) is 0 Å². The van der Waals surface area contributed by atoms with Gasteiger partial charge < -0.3 is 14.3 Å². The minimum Gasteiger partial charge on any atom is -0.451 e. The van der Waals surface area contributed by atoms with Gasteiger partial charge in [-0.2, -0.15) is 0 Å². The number of aromatic nitrogens is 2. The Morgan fingerprint density at radius 2 is 1.75 bits per heavy atom. The molecular formula is C22H18FN3O2. The molecule has 6 heteroatoms. The maximum absolute atomic E-state index is 13.0. The first-order valence-corrected chi connectivity index (χ1v) is 8.85. The van der Waals surface area contributed by atoms with Gasteiger partial charge >= 0.3 is 0 Å². The van der Waals surface area contributed by atoms with Crippen LogP contribution in [0.1, 0.15) is 21.7 Å². The summed E-state index contributed by atoms with van der Waals surface area (Å²) in [5.41, 5.74) is 2.87. The second-order valence-electron chi connectivity index (χ2n) is 6.40. The molecule has 4 aromatic rings. The Bertz CT molecular complexity index is 1050. The van der Waals surface area contributed by atoms with Gasteiger partial charge in [0.15, 0.2) is 5.76 Å². The smallest absolute Gasteiger partial charge is 0.287 e. The molecule has 2 aromatic carbocycles. The summed E-state index contributed by atoms with van der Waals surface area (Å²) in [5, 5.41) is 2.85. The first-order chi connectivity index (χ1) is 13.7.